The lowest BCUT2D eigenvalue weighted by Gasteiger charge is -2.33. The van der Waals surface area contributed by atoms with E-state index >= 15 is 0 Å². The van der Waals surface area contributed by atoms with Gasteiger partial charge >= 0.3 is 0 Å². The van der Waals surface area contributed by atoms with Gasteiger partial charge in [0.05, 0.1) is 0 Å². The van der Waals surface area contributed by atoms with Gasteiger partial charge in [0.1, 0.15) is 5.60 Å². The van der Waals surface area contributed by atoms with Crippen molar-refractivity contribution in [3.8, 4) is 24.7 Å². The molecular weight excluding hydrogens is 220 g/mol. The molecule has 0 aromatic heterocycles. The first-order valence-corrected chi connectivity index (χ1v) is 6.31. The molecule has 3 atom stereocenters. The predicted octanol–water partition coefficient (Wildman–Crippen LogP) is 2.74. The quantitative estimate of drug-likeness (QED) is 0.785. The Kier molecular flexibility index (Phi) is 3.46. The second-order valence-corrected chi connectivity index (χ2v) is 5.26. The molecule has 0 amide bonds. The number of aliphatic hydroxyl groups is 1. The molecule has 92 valence electrons. The van der Waals surface area contributed by atoms with Gasteiger partial charge < -0.3 is 5.11 Å². The molecule has 0 spiro atoms. The molecule has 0 bridgehead atoms. The van der Waals surface area contributed by atoms with Crippen LogP contribution < -0.4 is 0 Å². The number of rotatable bonds is 2. The van der Waals surface area contributed by atoms with Crippen LogP contribution in [0.5, 0.6) is 0 Å². The van der Waals surface area contributed by atoms with Gasteiger partial charge in [-0.3, -0.25) is 0 Å². The van der Waals surface area contributed by atoms with Gasteiger partial charge in [-0.1, -0.05) is 36.1 Å². The molecule has 1 aliphatic carbocycles. The van der Waals surface area contributed by atoms with Gasteiger partial charge in [0, 0.05) is 5.92 Å². The van der Waals surface area contributed by atoms with Crippen molar-refractivity contribution in [2.75, 3.05) is 0 Å². The van der Waals surface area contributed by atoms with Gasteiger partial charge in [0.2, 0.25) is 0 Å². The summed E-state index contributed by atoms with van der Waals surface area (Å²) in [6.07, 6.45) is 13.6. The van der Waals surface area contributed by atoms with E-state index in [9.17, 15) is 5.11 Å². The minimum atomic E-state index is -1.06. The van der Waals surface area contributed by atoms with Crippen molar-refractivity contribution < 1.29 is 5.11 Å². The summed E-state index contributed by atoms with van der Waals surface area (Å²) in [6, 6.07) is 8.29. The zero-order chi connectivity index (χ0) is 13.2. The van der Waals surface area contributed by atoms with Gasteiger partial charge in [0.25, 0.3) is 0 Å². The Labute approximate surface area is 109 Å². The molecule has 0 heterocycles. The minimum absolute atomic E-state index is 0.0646. The fourth-order valence-corrected chi connectivity index (χ4v) is 2.84. The summed E-state index contributed by atoms with van der Waals surface area (Å²) >= 11 is 0. The Bertz CT molecular complexity index is 513. The van der Waals surface area contributed by atoms with Crippen LogP contribution in [0, 0.1) is 30.6 Å². The van der Waals surface area contributed by atoms with Crippen LogP contribution in [0.4, 0.5) is 0 Å². The third-order valence-corrected chi connectivity index (χ3v) is 3.80. The number of hydrogen-bond donors (Lipinski definition) is 1. The van der Waals surface area contributed by atoms with Crippen molar-refractivity contribution in [3.05, 3.63) is 35.4 Å². The smallest absolute Gasteiger partial charge is 0.122 e. The van der Waals surface area contributed by atoms with Crippen LogP contribution in [0.3, 0.4) is 0 Å². The highest BCUT2D eigenvalue weighted by atomic mass is 16.3. The average molecular weight is 238 g/mol. The molecule has 18 heavy (non-hydrogen) atoms. The maximum atomic E-state index is 10.0. The summed E-state index contributed by atoms with van der Waals surface area (Å²) in [4.78, 5) is 0. The summed E-state index contributed by atoms with van der Waals surface area (Å²) in [5.41, 5.74) is 1.49. The van der Waals surface area contributed by atoms with Crippen molar-refractivity contribution in [2.45, 2.75) is 37.7 Å². The zero-order valence-electron chi connectivity index (χ0n) is 10.7. The van der Waals surface area contributed by atoms with E-state index in [1.807, 2.05) is 12.1 Å². The molecule has 1 nitrogen and oxygen atoms in total. The summed E-state index contributed by atoms with van der Waals surface area (Å²) in [7, 11) is 0. The van der Waals surface area contributed by atoms with E-state index in [-0.39, 0.29) is 11.8 Å². The van der Waals surface area contributed by atoms with Crippen molar-refractivity contribution in [2.24, 2.45) is 5.92 Å². The Balaban J connectivity index is 2.27. The second-order valence-electron chi connectivity index (χ2n) is 5.26. The van der Waals surface area contributed by atoms with Gasteiger partial charge in [-0.05, 0) is 43.2 Å². The first-order chi connectivity index (χ1) is 8.57. The van der Waals surface area contributed by atoms with Crippen LogP contribution in [0.25, 0.3) is 0 Å². The van der Waals surface area contributed by atoms with E-state index in [4.69, 9.17) is 12.8 Å². The van der Waals surface area contributed by atoms with Crippen molar-refractivity contribution >= 4 is 0 Å². The predicted molar refractivity (Wildman–Crippen MR) is 73.9 cm³/mol. The van der Waals surface area contributed by atoms with E-state index in [0.717, 1.165) is 12.8 Å². The highest BCUT2D eigenvalue weighted by Gasteiger charge is 2.32. The Hall–Kier alpha value is -1.70. The molecule has 1 aromatic carbocycles. The first-order valence-electron chi connectivity index (χ1n) is 6.31. The van der Waals surface area contributed by atoms with E-state index in [1.54, 1.807) is 6.92 Å². The van der Waals surface area contributed by atoms with E-state index in [2.05, 4.69) is 24.0 Å². The van der Waals surface area contributed by atoms with Crippen LogP contribution in [-0.2, 0) is 6.42 Å². The molecule has 1 N–H and O–H groups in total. The topological polar surface area (TPSA) is 20.2 Å². The summed E-state index contributed by atoms with van der Waals surface area (Å²) in [5.74, 6) is 5.65. The lowest BCUT2D eigenvalue weighted by atomic mass is 9.71. The fraction of sp³-hybridized carbons (Fsp3) is 0.412. The van der Waals surface area contributed by atoms with Crippen molar-refractivity contribution in [1.82, 2.24) is 0 Å². The fourth-order valence-electron chi connectivity index (χ4n) is 2.84. The minimum Gasteiger partial charge on any atom is -0.378 e. The third-order valence-electron chi connectivity index (χ3n) is 3.80. The van der Waals surface area contributed by atoms with Crippen molar-refractivity contribution in [3.63, 3.8) is 0 Å². The molecule has 3 unspecified atom stereocenters. The second kappa shape index (κ2) is 4.89. The molecule has 2 rings (SSSR count). The lowest BCUT2D eigenvalue weighted by Crippen LogP contribution is -2.30. The summed E-state index contributed by atoms with van der Waals surface area (Å²) in [5, 5.41) is 10.0. The largest absolute Gasteiger partial charge is 0.378 e. The molecular formula is C17H18O. The average Bonchev–Trinajstić information content (AvgIpc) is 2.38. The normalized spacial score (nSPS) is 25.3. The maximum absolute atomic E-state index is 10.0. The summed E-state index contributed by atoms with van der Waals surface area (Å²) in [6.45, 7) is 1.68. The number of terminal acetylenes is 2. The van der Waals surface area contributed by atoms with Gasteiger partial charge in [-0.15, -0.1) is 12.8 Å². The number of hydrogen-bond acceptors (Lipinski definition) is 1. The number of fused-ring (bicyclic) bond motifs is 1. The Morgan fingerprint density at radius 2 is 2.11 bits per heavy atom. The van der Waals surface area contributed by atoms with Crippen molar-refractivity contribution in [1.29, 1.82) is 0 Å². The highest BCUT2D eigenvalue weighted by Crippen LogP contribution is 2.39. The van der Waals surface area contributed by atoms with Gasteiger partial charge in [-0.25, -0.2) is 0 Å². The van der Waals surface area contributed by atoms with E-state index in [0.29, 0.717) is 6.42 Å². The maximum Gasteiger partial charge on any atom is 0.122 e. The molecule has 0 fully saturated rings. The third kappa shape index (κ3) is 2.42. The van der Waals surface area contributed by atoms with Crippen LogP contribution in [-0.4, -0.2) is 10.7 Å². The van der Waals surface area contributed by atoms with Gasteiger partial charge in [-0.2, -0.15) is 0 Å². The molecule has 0 radical (unpaired) electrons. The van der Waals surface area contributed by atoms with E-state index < -0.39 is 5.60 Å². The molecule has 0 aliphatic heterocycles. The SMILES string of the molecule is C#CC1c2ccccc2CCC1CC(C)(O)C#C. The zero-order valence-corrected chi connectivity index (χ0v) is 10.7. The van der Waals surface area contributed by atoms with E-state index in [1.165, 1.54) is 11.1 Å². The Morgan fingerprint density at radius 3 is 2.78 bits per heavy atom. The number of benzene rings is 1. The molecule has 0 saturated heterocycles. The van der Waals surface area contributed by atoms with Crippen LogP contribution in [0.2, 0.25) is 0 Å². The monoisotopic (exact) mass is 238 g/mol. The van der Waals surface area contributed by atoms with Crippen LogP contribution in [0.1, 0.15) is 36.8 Å². The molecule has 0 saturated carbocycles. The van der Waals surface area contributed by atoms with Crippen LogP contribution in [0.15, 0.2) is 24.3 Å². The molecule has 1 aliphatic rings. The van der Waals surface area contributed by atoms with Crippen LogP contribution >= 0.6 is 0 Å². The first kappa shape index (κ1) is 12.7. The molecule has 1 heteroatoms. The lowest BCUT2D eigenvalue weighted by molar-refractivity contribution is 0.0859. The highest BCUT2D eigenvalue weighted by molar-refractivity contribution is 5.38. The Morgan fingerprint density at radius 1 is 1.39 bits per heavy atom. The standard InChI is InChI=1S/C17H18O/c1-4-15-14(12-17(3,18)5-2)11-10-13-8-6-7-9-16(13)15/h1-2,6-9,14-15,18H,10-12H2,3H3. The summed E-state index contributed by atoms with van der Waals surface area (Å²) < 4.78 is 0. The van der Waals surface area contributed by atoms with Gasteiger partial charge in [0.15, 0.2) is 0 Å². The number of aryl methyl sites for hydroxylation is 1. The molecule has 1 aromatic rings.